The summed E-state index contributed by atoms with van der Waals surface area (Å²) in [4.78, 5) is 22.6. The van der Waals surface area contributed by atoms with Crippen LogP contribution in [0.1, 0.15) is 27.7 Å². The van der Waals surface area contributed by atoms with Crippen molar-refractivity contribution < 1.29 is 9.59 Å². The van der Waals surface area contributed by atoms with Gasteiger partial charge in [0.2, 0.25) is 5.12 Å². The Hall–Kier alpha value is -0.830. The lowest BCUT2D eigenvalue weighted by Gasteiger charge is -1.99. The summed E-state index contributed by atoms with van der Waals surface area (Å²) in [6.45, 7) is 7.15. The molecule has 0 fully saturated rings. The van der Waals surface area contributed by atoms with Gasteiger partial charge in [0.25, 0.3) is 0 Å². The molecule has 2 nitrogen and oxygen atoms in total. The van der Waals surface area contributed by atoms with Gasteiger partial charge in [-0.3, -0.25) is 9.59 Å². The Labute approximate surface area is 89.5 Å². The maximum Gasteiger partial charge on any atom is 0.222 e. The van der Waals surface area contributed by atoms with Crippen molar-refractivity contribution in [2.24, 2.45) is 0 Å². The molecule has 0 spiro atoms. The molecule has 0 bridgehead atoms. The molecule has 78 valence electrons. The van der Waals surface area contributed by atoms with Gasteiger partial charge in [0.15, 0.2) is 5.78 Å². The number of hydrogen-bond donors (Lipinski definition) is 0. The van der Waals surface area contributed by atoms with Crippen LogP contribution in [-0.2, 0) is 9.59 Å². The number of carbonyl (C=O) groups is 2. The molecule has 0 aliphatic rings. The Kier molecular flexibility index (Phi) is 6.21. The van der Waals surface area contributed by atoms with Gasteiger partial charge in [-0.1, -0.05) is 30.3 Å². The first-order valence-corrected chi connectivity index (χ1v) is 5.50. The number of ketones is 1. The minimum absolute atomic E-state index is 0.141. The molecule has 0 radical (unpaired) electrons. The third-order valence-electron chi connectivity index (χ3n) is 1.46. The number of hydrogen-bond acceptors (Lipinski definition) is 3. The second-order valence-electron chi connectivity index (χ2n) is 3.10. The maximum absolute atomic E-state index is 11.4. The van der Waals surface area contributed by atoms with Gasteiger partial charge in [0.05, 0.1) is 5.57 Å². The van der Waals surface area contributed by atoms with Gasteiger partial charge >= 0.3 is 0 Å². The zero-order chi connectivity index (χ0) is 11.1. The minimum atomic E-state index is -0.173. The Morgan fingerprint density at radius 3 is 2.07 bits per heavy atom. The van der Waals surface area contributed by atoms with Crippen LogP contribution in [0.3, 0.4) is 0 Å². The fourth-order valence-electron chi connectivity index (χ4n) is 0.788. The van der Waals surface area contributed by atoms with E-state index < -0.39 is 0 Å². The quantitative estimate of drug-likeness (QED) is 0.311. The predicted octanol–water partition coefficient (Wildman–Crippen LogP) is 2.75. The summed E-state index contributed by atoms with van der Waals surface area (Å²) in [5, 5.41) is -0.141. The second kappa shape index (κ2) is 6.60. The molecule has 0 amide bonds. The Morgan fingerprint density at radius 1 is 1.14 bits per heavy atom. The van der Waals surface area contributed by atoms with Gasteiger partial charge in [-0.25, -0.2) is 0 Å². The van der Waals surface area contributed by atoms with Crippen molar-refractivity contribution >= 4 is 22.7 Å². The van der Waals surface area contributed by atoms with Gasteiger partial charge in [-0.15, -0.1) is 0 Å². The normalized spacial score (nSPS) is 11.0. The predicted molar refractivity (Wildman–Crippen MR) is 61.3 cm³/mol. The molecule has 0 aromatic rings. The highest BCUT2D eigenvalue weighted by Gasteiger charge is 2.12. The summed E-state index contributed by atoms with van der Waals surface area (Å²) in [5.41, 5.74) is 1.34. The Balaban J connectivity index is 4.77. The summed E-state index contributed by atoms with van der Waals surface area (Å²) >= 11 is 1.16. The summed E-state index contributed by atoms with van der Waals surface area (Å²) in [7, 11) is 0. The van der Waals surface area contributed by atoms with Crippen LogP contribution in [0.2, 0.25) is 0 Å². The van der Waals surface area contributed by atoms with E-state index in [0.29, 0.717) is 5.75 Å². The fraction of sp³-hybridized carbons (Fsp3) is 0.455. The Bertz CT molecular complexity index is 284. The molecule has 0 aliphatic heterocycles. The largest absolute Gasteiger partial charge is 0.294 e. The first kappa shape index (κ1) is 13.2. The third-order valence-corrected chi connectivity index (χ3v) is 2.23. The van der Waals surface area contributed by atoms with Crippen LogP contribution in [0.4, 0.5) is 0 Å². The Morgan fingerprint density at radius 2 is 1.71 bits per heavy atom. The van der Waals surface area contributed by atoms with Crippen LogP contribution in [-0.4, -0.2) is 16.7 Å². The maximum atomic E-state index is 11.4. The lowest BCUT2D eigenvalue weighted by atomic mass is 10.1. The van der Waals surface area contributed by atoms with E-state index in [1.54, 1.807) is 12.2 Å². The molecule has 0 saturated heterocycles. The summed E-state index contributed by atoms with van der Waals surface area (Å²) in [6.07, 6.45) is 3.38. The molecule has 0 aromatic carbocycles. The molecular formula is C11H16O2S. The molecule has 0 N–H and O–H groups in total. The molecule has 0 saturated carbocycles. The summed E-state index contributed by atoms with van der Waals surface area (Å²) in [6, 6.07) is 0. The molecule has 0 unspecified atom stereocenters. The molecule has 14 heavy (non-hydrogen) atoms. The van der Waals surface area contributed by atoms with Crippen molar-refractivity contribution in [2.45, 2.75) is 27.7 Å². The average molecular weight is 212 g/mol. The lowest BCUT2D eigenvalue weighted by molar-refractivity contribution is -0.116. The zero-order valence-corrected chi connectivity index (χ0v) is 9.90. The molecule has 0 aromatic heterocycles. The number of Topliss-reactive ketones (excluding diaryl/α,β-unsaturated/α-hetero) is 1. The van der Waals surface area contributed by atoms with Gasteiger partial charge in [0, 0.05) is 0 Å². The minimum Gasteiger partial charge on any atom is -0.294 e. The third kappa shape index (κ3) is 5.02. The number of carbonyl (C=O) groups excluding carboxylic acids is 2. The molecule has 3 heteroatoms. The standard InChI is InChI=1S/C11H16O2S/c1-5-14-11(13)10(9(4)12)7-6-8(2)3/h6-7H,5H2,1-4H3/b10-7-. The van der Waals surface area contributed by atoms with E-state index >= 15 is 0 Å². The van der Waals surface area contributed by atoms with Crippen LogP contribution in [0.25, 0.3) is 0 Å². The first-order valence-electron chi connectivity index (χ1n) is 4.52. The highest BCUT2D eigenvalue weighted by molar-refractivity contribution is 8.14. The molecule has 0 rings (SSSR count). The van der Waals surface area contributed by atoms with E-state index in [-0.39, 0.29) is 16.5 Å². The summed E-state index contributed by atoms with van der Waals surface area (Å²) in [5.74, 6) is 0.520. The zero-order valence-electron chi connectivity index (χ0n) is 9.09. The highest BCUT2D eigenvalue weighted by atomic mass is 32.2. The van der Waals surface area contributed by atoms with E-state index in [9.17, 15) is 9.59 Å². The van der Waals surface area contributed by atoms with Crippen LogP contribution in [0.15, 0.2) is 23.3 Å². The van der Waals surface area contributed by atoms with Crippen LogP contribution >= 0.6 is 11.8 Å². The SMILES string of the molecule is CCSC(=O)/C(=C\C=C(C)C)C(C)=O. The number of thioether (sulfide) groups is 1. The number of rotatable bonds is 4. The number of allylic oxidation sites excluding steroid dienone is 3. The second-order valence-corrected chi connectivity index (χ2v) is 4.34. The van der Waals surface area contributed by atoms with Gasteiger partial charge in [-0.05, 0) is 32.6 Å². The van der Waals surface area contributed by atoms with E-state index in [0.717, 1.165) is 17.3 Å². The monoisotopic (exact) mass is 212 g/mol. The van der Waals surface area contributed by atoms with Gasteiger partial charge in [-0.2, -0.15) is 0 Å². The van der Waals surface area contributed by atoms with Crippen LogP contribution in [0.5, 0.6) is 0 Å². The highest BCUT2D eigenvalue weighted by Crippen LogP contribution is 2.11. The lowest BCUT2D eigenvalue weighted by Crippen LogP contribution is -2.06. The topological polar surface area (TPSA) is 34.1 Å². The smallest absolute Gasteiger partial charge is 0.222 e. The van der Waals surface area contributed by atoms with E-state index in [4.69, 9.17) is 0 Å². The molecule has 0 aliphatic carbocycles. The molecular weight excluding hydrogens is 196 g/mol. The first-order chi connectivity index (χ1) is 6.49. The van der Waals surface area contributed by atoms with Crippen molar-refractivity contribution in [1.82, 2.24) is 0 Å². The average Bonchev–Trinajstić information content (AvgIpc) is 2.03. The fourth-order valence-corrected chi connectivity index (χ4v) is 1.42. The van der Waals surface area contributed by atoms with Crippen molar-refractivity contribution in [3.63, 3.8) is 0 Å². The molecule has 0 heterocycles. The van der Waals surface area contributed by atoms with Crippen molar-refractivity contribution in [3.8, 4) is 0 Å². The summed E-state index contributed by atoms with van der Waals surface area (Å²) < 4.78 is 0. The van der Waals surface area contributed by atoms with Crippen molar-refractivity contribution in [3.05, 3.63) is 23.3 Å². The van der Waals surface area contributed by atoms with Crippen molar-refractivity contribution in [2.75, 3.05) is 5.75 Å². The van der Waals surface area contributed by atoms with Crippen LogP contribution < -0.4 is 0 Å². The van der Waals surface area contributed by atoms with E-state index in [1.807, 2.05) is 20.8 Å². The molecule has 0 atom stereocenters. The van der Waals surface area contributed by atoms with E-state index in [2.05, 4.69) is 0 Å². The van der Waals surface area contributed by atoms with Crippen LogP contribution in [0, 0.1) is 0 Å². The van der Waals surface area contributed by atoms with Gasteiger partial charge < -0.3 is 0 Å². The van der Waals surface area contributed by atoms with E-state index in [1.165, 1.54) is 6.92 Å². The van der Waals surface area contributed by atoms with Gasteiger partial charge in [0.1, 0.15) is 0 Å². The van der Waals surface area contributed by atoms with Crippen molar-refractivity contribution in [1.29, 1.82) is 0 Å².